The summed E-state index contributed by atoms with van der Waals surface area (Å²) in [6, 6.07) is 9.73. The second-order valence-electron chi connectivity index (χ2n) is 3.33. The van der Waals surface area contributed by atoms with Crippen LogP contribution >= 0.6 is 0 Å². The summed E-state index contributed by atoms with van der Waals surface area (Å²) in [5.41, 5.74) is 1.91. The van der Waals surface area contributed by atoms with E-state index in [9.17, 15) is 0 Å². The zero-order chi connectivity index (χ0) is 10.9. The lowest BCUT2D eigenvalue weighted by Crippen LogP contribution is -2.15. The fourth-order valence-electron chi connectivity index (χ4n) is 1.27. The Hall–Kier alpha value is -1.37. The van der Waals surface area contributed by atoms with Crippen molar-refractivity contribution in [1.29, 1.82) is 5.26 Å². The van der Waals surface area contributed by atoms with Gasteiger partial charge in [-0.2, -0.15) is 5.26 Å². The maximum absolute atomic E-state index is 8.62. The largest absolute Gasteiger partial charge is 0.385 e. The Kier molecular flexibility index (Phi) is 5.46. The molecule has 1 N–H and O–H groups in total. The molecule has 15 heavy (non-hydrogen) atoms. The lowest BCUT2D eigenvalue weighted by atomic mass is 10.1. The van der Waals surface area contributed by atoms with E-state index in [1.165, 1.54) is 5.56 Å². The quantitative estimate of drug-likeness (QED) is 0.717. The Morgan fingerprint density at radius 3 is 2.67 bits per heavy atom. The smallest absolute Gasteiger partial charge is 0.0991 e. The molecule has 0 aliphatic rings. The Labute approximate surface area is 90.7 Å². The monoisotopic (exact) mass is 204 g/mol. The summed E-state index contributed by atoms with van der Waals surface area (Å²) in [4.78, 5) is 0. The van der Waals surface area contributed by atoms with Crippen LogP contribution < -0.4 is 5.32 Å². The molecule has 1 aromatic rings. The van der Waals surface area contributed by atoms with E-state index >= 15 is 0 Å². The van der Waals surface area contributed by atoms with Gasteiger partial charge in [-0.1, -0.05) is 12.1 Å². The van der Waals surface area contributed by atoms with Crippen LogP contribution in [-0.4, -0.2) is 20.3 Å². The summed E-state index contributed by atoms with van der Waals surface area (Å²) in [6.07, 6.45) is 1.02. The number of hydrogen-bond acceptors (Lipinski definition) is 3. The molecule has 0 aromatic heterocycles. The van der Waals surface area contributed by atoms with Gasteiger partial charge >= 0.3 is 0 Å². The molecule has 0 unspecified atom stereocenters. The van der Waals surface area contributed by atoms with E-state index < -0.39 is 0 Å². The second kappa shape index (κ2) is 6.99. The average Bonchev–Trinajstić information content (AvgIpc) is 2.30. The van der Waals surface area contributed by atoms with Crippen LogP contribution in [-0.2, 0) is 11.3 Å². The molecule has 0 aliphatic carbocycles. The molecule has 80 valence electrons. The van der Waals surface area contributed by atoms with Crippen LogP contribution in [0.3, 0.4) is 0 Å². The van der Waals surface area contributed by atoms with Crippen LogP contribution in [0.25, 0.3) is 0 Å². The van der Waals surface area contributed by atoms with Crippen molar-refractivity contribution in [3.05, 3.63) is 35.4 Å². The van der Waals surface area contributed by atoms with Gasteiger partial charge in [0.2, 0.25) is 0 Å². The zero-order valence-electron chi connectivity index (χ0n) is 8.99. The van der Waals surface area contributed by atoms with Gasteiger partial charge in [-0.25, -0.2) is 0 Å². The molecule has 0 atom stereocenters. The van der Waals surface area contributed by atoms with Gasteiger partial charge < -0.3 is 10.1 Å². The van der Waals surface area contributed by atoms with Crippen molar-refractivity contribution in [1.82, 2.24) is 5.32 Å². The van der Waals surface area contributed by atoms with Crippen LogP contribution in [0.1, 0.15) is 17.5 Å². The van der Waals surface area contributed by atoms with Crippen molar-refractivity contribution in [2.75, 3.05) is 20.3 Å². The third kappa shape index (κ3) is 4.59. The predicted octanol–water partition coefficient (Wildman–Crippen LogP) is 1.68. The molecule has 0 aliphatic heterocycles. The Bertz CT molecular complexity index is 313. The lowest BCUT2D eigenvalue weighted by molar-refractivity contribution is 0.194. The first-order chi connectivity index (χ1) is 7.36. The van der Waals surface area contributed by atoms with Gasteiger partial charge in [-0.3, -0.25) is 0 Å². The third-order valence-electron chi connectivity index (χ3n) is 2.11. The van der Waals surface area contributed by atoms with E-state index in [-0.39, 0.29) is 0 Å². The van der Waals surface area contributed by atoms with Crippen molar-refractivity contribution in [3.8, 4) is 6.07 Å². The number of rotatable bonds is 6. The highest BCUT2D eigenvalue weighted by atomic mass is 16.5. The van der Waals surface area contributed by atoms with E-state index in [2.05, 4.69) is 11.4 Å². The van der Waals surface area contributed by atoms with Gasteiger partial charge in [0.15, 0.2) is 0 Å². The molecule has 1 aromatic carbocycles. The Balaban J connectivity index is 2.23. The Morgan fingerprint density at radius 1 is 1.33 bits per heavy atom. The number of nitriles is 1. The van der Waals surface area contributed by atoms with Gasteiger partial charge in [-0.05, 0) is 30.7 Å². The van der Waals surface area contributed by atoms with Gasteiger partial charge in [0, 0.05) is 20.3 Å². The number of benzene rings is 1. The van der Waals surface area contributed by atoms with Gasteiger partial charge in [0.1, 0.15) is 0 Å². The van der Waals surface area contributed by atoms with E-state index in [0.717, 1.165) is 26.1 Å². The summed E-state index contributed by atoms with van der Waals surface area (Å²) >= 11 is 0. The summed E-state index contributed by atoms with van der Waals surface area (Å²) in [7, 11) is 1.71. The van der Waals surface area contributed by atoms with Crippen LogP contribution in [0.15, 0.2) is 24.3 Å². The molecule has 1 rings (SSSR count). The molecule has 0 bridgehead atoms. The fourth-order valence-corrected chi connectivity index (χ4v) is 1.27. The van der Waals surface area contributed by atoms with Crippen molar-refractivity contribution < 1.29 is 4.74 Å². The highest BCUT2D eigenvalue weighted by molar-refractivity contribution is 5.31. The van der Waals surface area contributed by atoms with Crippen molar-refractivity contribution in [2.45, 2.75) is 13.0 Å². The van der Waals surface area contributed by atoms with Crippen LogP contribution in [0.5, 0.6) is 0 Å². The summed E-state index contributed by atoms with van der Waals surface area (Å²) in [5, 5.41) is 11.9. The minimum Gasteiger partial charge on any atom is -0.385 e. The number of nitrogens with zero attached hydrogens (tertiary/aromatic N) is 1. The highest BCUT2D eigenvalue weighted by Gasteiger charge is 1.93. The molecular formula is C12H16N2O. The maximum Gasteiger partial charge on any atom is 0.0991 e. The first-order valence-electron chi connectivity index (χ1n) is 5.05. The minimum atomic E-state index is 0.707. The first kappa shape index (κ1) is 11.7. The van der Waals surface area contributed by atoms with E-state index in [0.29, 0.717) is 5.56 Å². The van der Waals surface area contributed by atoms with Crippen molar-refractivity contribution >= 4 is 0 Å². The highest BCUT2D eigenvalue weighted by Crippen LogP contribution is 2.02. The van der Waals surface area contributed by atoms with Crippen molar-refractivity contribution in [2.24, 2.45) is 0 Å². The van der Waals surface area contributed by atoms with Crippen LogP contribution in [0, 0.1) is 11.3 Å². The van der Waals surface area contributed by atoms with E-state index in [1.54, 1.807) is 7.11 Å². The predicted molar refractivity (Wildman–Crippen MR) is 59.4 cm³/mol. The first-order valence-corrected chi connectivity index (χ1v) is 5.05. The Morgan fingerprint density at radius 2 is 2.07 bits per heavy atom. The lowest BCUT2D eigenvalue weighted by Gasteiger charge is -2.04. The summed E-state index contributed by atoms with van der Waals surface area (Å²) in [6.45, 7) is 2.59. The molecule has 0 saturated heterocycles. The molecule has 0 radical (unpaired) electrons. The minimum absolute atomic E-state index is 0.707. The van der Waals surface area contributed by atoms with Gasteiger partial charge in [0.05, 0.1) is 11.6 Å². The second-order valence-corrected chi connectivity index (χ2v) is 3.33. The number of ether oxygens (including phenoxy) is 1. The molecule has 0 spiro atoms. The standard InChI is InChI=1S/C12H16N2O/c1-15-8-2-7-14-10-12-5-3-11(9-13)4-6-12/h3-6,14H,2,7-8,10H2,1H3. The summed E-state index contributed by atoms with van der Waals surface area (Å²) < 4.78 is 4.95. The topological polar surface area (TPSA) is 45.0 Å². The van der Waals surface area contributed by atoms with E-state index in [4.69, 9.17) is 10.00 Å². The molecule has 3 nitrogen and oxygen atoms in total. The summed E-state index contributed by atoms with van der Waals surface area (Å²) in [5.74, 6) is 0. The molecule has 0 fully saturated rings. The number of nitrogens with one attached hydrogen (secondary N) is 1. The van der Waals surface area contributed by atoms with Gasteiger partial charge in [-0.15, -0.1) is 0 Å². The molecule has 0 amide bonds. The fraction of sp³-hybridized carbons (Fsp3) is 0.417. The molecule has 0 saturated carbocycles. The average molecular weight is 204 g/mol. The maximum atomic E-state index is 8.62. The molecule has 3 heteroatoms. The SMILES string of the molecule is COCCCNCc1ccc(C#N)cc1. The number of methoxy groups -OCH3 is 1. The number of hydrogen-bond donors (Lipinski definition) is 1. The normalized spacial score (nSPS) is 9.87. The third-order valence-corrected chi connectivity index (χ3v) is 2.11. The van der Waals surface area contributed by atoms with Crippen LogP contribution in [0.4, 0.5) is 0 Å². The van der Waals surface area contributed by atoms with E-state index in [1.807, 2.05) is 24.3 Å². The van der Waals surface area contributed by atoms with Crippen LogP contribution in [0.2, 0.25) is 0 Å². The van der Waals surface area contributed by atoms with Gasteiger partial charge in [0.25, 0.3) is 0 Å². The van der Waals surface area contributed by atoms with Crippen molar-refractivity contribution in [3.63, 3.8) is 0 Å². The molecule has 0 heterocycles. The zero-order valence-corrected chi connectivity index (χ0v) is 8.99. The molecular weight excluding hydrogens is 188 g/mol.